The molecule has 0 radical (unpaired) electrons. The summed E-state index contributed by atoms with van der Waals surface area (Å²) < 4.78 is 24.6. The van der Waals surface area contributed by atoms with Gasteiger partial charge in [0.05, 0.1) is 0 Å². The molecular formula is C21H40N2O2S3. The first-order chi connectivity index (χ1) is 13.7. The number of nitrogens with one attached hydrogen (secondary N) is 2. The number of rotatable bonds is 12. The van der Waals surface area contributed by atoms with E-state index in [9.17, 15) is 8.42 Å². The van der Waals surface area contributed by atoms with Crippen molar-refractivity contribution in [2.24, 2.45) is 0 Å². The minimum Gasteiger partial charge on any atom is -0.363 e. The summed E-state index contributed by atoms with van der Waals surface area (Å²) in [6.45, 7) is 1.69. The van der Waals surface area contributed by atoms with Crippen molar-refractivity contribution in [3.8, 4) is 0 Å². The molecule has 0 amide bonds. The Balaban J connectivity index is 1.39. The molecule has 2 fully saturated rings. The van der Waals surface area contributed by atoms with Gasteiger partial charge in [0.15, 0.2) is 5.11 Å². The Morgan fingerprint density at radius 1 is 0.679 bits per heavy atom. The first kappa shape index (κ1) is 24.3. The van der Waals surface area contributed by atoms with Crippen molar-refractivity contribution in [3.05, 3.63) is 0 Å². The molecule has 0 aliphatic heterocycles. The van der Waals surface area contributed by atoms with Crippen LogP contribution in [0.2, 0.25) is 0 Å². The molecule has 0 aromatic carbocycles. The second-order valence-electron chi connectivity index (χ2n) is 8.29. The molecule has 2 N–H and O–H groups in total. The lowest BCUT2D eigenvalue weighted by Gasteiger charge is -2.21. The number of thiocarbonyl (C=S) groups is 1. The Hall–Kier alpha value is -0.0100. The molecule has 2 saturated carbocycles. The van der Waals surface area contributed by atoms with Gasteiger partial charge in [0, 0.05) is 56.7 Å². The molecule has 2 rings (SSSR count). The topological polar surface area (TPSA) is 58.2 Å². The highest BCUT2D eigenvalue weighted by molar-refractivity contribution is 7.85. The third-order valence-electron chi connectivity index (χ3n) is 5.96. The van der Waals surface area contributed by atoms with Gasteiger partial charge >= 0.3 is 0 Å². The maximum Gasteiger partial charge on any atom is 0.166 e. The Morgan fingerprint density at radius 3 is 1.46 bits per heavy atom. The van der Waals surface area contributed by atoms with Gasteiger partial charge in [-0.1, -0.05) is 38.5 Å². The summed E-state index contributed by atoms with van der Waals surface area (Å²) in [7, 11) is -1.27. The van der Waals surface area contributed by atoms with Crippen LogP contribution >= 0.6 is 12.2 Å². The van der Waals surface area contributed by atoms with Crippen LogP contribution in [-0.2, 0) is 21.6 Å². The highest BCUT2D eigenvalue weighted by Gasteiger charge is 2.19. The van der Waals surface area contributed by atoms with Crippen LogP contribution in [0.15, 0.2) is 0 Å². The van der Waals surface area contributed by atoms with E-state index in [0.29, 0.717) is 15.6 Å². The fourth-order valence-corrected chi connectivity index (χ4v) is 7.76. The molecule has 2 unspecified atom stereocenters. The smallest absolute Gasteiger partial charge is 0.166 e. The summed E-state index contributed by atoms with van der Waals surface area (Å²) in [6, 6.07) is 0. The maximum absolute atomic E-state index is 12.3. The van der Waals surface area contributed by atoms with Gasteiger partial charge in [-0.15, -0.1) is 0 Å². The predicted molar refractivity (Wildman–Crippen MR) is 127 cm³/mol. The van der Waals surface area contributed by atoms with Crippen molar-refractivity contribution in [2.75, 3.05) is 24.6 Å². The van der Waals surface area contributed by atoms with Crippen LogP contribution in [0.5, 0.6) is 0 Å². The van der Waals surface area contributed by atoms with Gasteiger partial charge < -0.3 is 10.6 Å². The predicted octanol–water partition coefficient (Wildman–Crippen LogP) is 4.17. The zero-order valence-corrected chi connectivity index (χ0v) is 19.9. The van der Waals surface area contributed by atoms with Gasteiger partial charge in [-0.25, -0.2) is 0 Å². The van der Waals surface area contributed by atoms with Crippen LogP contribution < -0.4 is 10.6 Å². The van der Waals surface area contributed by atoms with E-state index in [1.54, 1.807) is 0 Å². The molecule has 2 atom stereocenters. The van der Waals surface area contributed by atoms with Gasteiger partial charge in [-0.3, -0.25) is 8.42 Å². The van der Waals surface area contributed by atoms with Crippen molar-refractivity contribution < 1.29 is 8.42 Å². The molecule has 2 aliphatic rings. The van der Waals surface area contributed by atoms with Crippen molar-refractivity contribution in [2.45, 2.75) is 100 Å². The van der Waals surface area contributed by atoms with E-state index < -0.39 is 21.6 Å². The summed E-state index contributed by atoms with van der Waals surface area (Å²) in [6.07, 6.45) is 16.4. The summed E-state index contributed by atoms with van der Waals surface area (Å²) in [5.74, 6) is 1.68. The lowest BCUT2D eigenvalue weighted by Crippen LogP contribution is -2.36. The third-order valence-corrected chi connectivity index (χ3v) is 10.1. The second-order valence-corrected chi connectivity index (χ2v) is 12.4. The van der Waals surface area contributed by atoms with Gasteiger partial charge in [0.1, 0.15) is 0 Å². The fourth-order valence-electron chi connectivity index (χ4n) is 4.19. The summed E-state index contributed by atoms with van der Waals surface area (Å²) >= 11 is 5.32. The molecule has 0 bridgehead atoms. The number of hydrogen-bond acceptors (Lipinski definition) is 3. The molecule has 0 saturated heterocycles. The van der Waals surface area contributed by atoms with Gasteiger partial charge in [0.2, 0.25) is 0 Å². The van der Waals surface area contributed by atoms with Crippen LogP contribution in [0, 0.1) is 0 Å². The van der Waals surface area contributed by atoms with Crippen molar-refractivity contribution in [1.82, 2.24) is 10.6 Å². The van der Waals surface area contributed by atoms with Crippen LogP contribution in [0.1, 0.15) is 89.9 Å². The molecule has 28 heavy (non-hydrogen) atoms. The van der Waals surface area contributed by atoms with E-state index in [1.807, 2.05) is 0 Å². The SMILES string of the molecule is O=S(CCCCNC(=S)NCCCCS(=O)C1CCCCC1)C1CCCCC1. The fraction of sp³-hybridized carbons (Fsp3) is 0.952. The first-order valence-corrected chi connectivity index (χ1v) is 14.6. The maximum atomic E-state index is 12.3. The quantitative estimate of drug-likeness (QED) is 0.347. The van der Waals surface area contributed by atoms with Crippen molar-refractivity contribution >= 4 is 38.9 Å². The number of unbranched alkanes of at least 4 members (excludes halogenated alkanes) is 2. The normalized spacial score (nSPS) is 21.1. The average Bonchev–Trinajstić information content (AvgIpc) is 2.74. The molecule has 164 valence electrons. The zero-order valence-electron chi connectivity index (χ0n) is 17.4. The second kappa shape index (κ2) is 14.9. The molecule has 0 aromatic rings. The highest BCUT2D eigenvalue weighted by Crippen LogP contribution is 2.23. The minimum atomic E-state index is -0.635. The van der Waals surface area contributed by atoms with Crippen LogP contribution in [0.4, 0.5) is 0 Å². The largest absolute Gasteiger partial charge is 0.363 e. The van der Waals surface area contributed by atoms with Gasteiger partial charge in [-0.2, -0.15) is 0 Å². The van der Waals surface area contributed by atoms with E-state index >= 15 is 0 Å². The Labute approximate surface area is 182 Å². The van der Waals surface area contributed by atoms with Crippen molar-refractivity contribution in [1.29, 1.82) is 0 Å². The molecule has 0 heterocycles. The lowest BCUT2D eigenvalue weighted by atomic mass is 10.0. The monoisotopic (exact) mass is 448 g/mol. The molecule has 2 aliphatic carbocycles. The summed E-state index contributed by atoms with van der Waals surface area (Å²) in [4.78, 5) is 0. The first-order valence-electron chi connectivity index (χ1n) is 11.4. The van der Waals surface area contributed by atoms with Crippen LogP contribution in [0.25, 0.3) is 0 Å². The highest BCUT2D eigenvalue weighted by atomic mass is 32.2. The molecule has 0 aromatic heterocycles. The van der Waals surface area contributed by atoms with E-state index in [-0.39, 0.29) is 0 Å². The summed E-state index contributed by atoms with van der Waals surface area (Å²) in [5.41, 5.74) is 0. The molecule has 7 heteroatoms. The van der Waals surface area contributed by atoms with Gasteiger partial charge in [0.25, 0.3) is 0 Å². The zero-order chi connectivity index (χ0) is 20.0. The molecule has 0 spiro atoms. The van der Waals surface area contributed by atoms with E-state index in [4.69, 9.17) is 12.2 Å². The van der Waals surface area contributed by atoms with Gasteiger partial charge in [-0.05, 0) is 63.6 Å². The standard InChI is InChI=1S/C21H40N2O2S3/c24-27(19-11-3-1-4-12-19)17-9-7-15-22-21(26)23-16-8-10-18-28(25)20-13-5-2-6-14-20/h19-20H,1-18H2,(H2,22,23,26). The van der Waals surface area contributed by atoms with E-state index in [0.717, 1.165) is 76.0 Å². The third kappa shape index (κ3) is 10.1. The van der Waals surface area contributed by atoms with E-state index in [1.165, 1.54) is 38.5 Å². The number of hydrogen-bond donors (Lipinski definition) is 2. The van der Waals surface area contributed by atoms with Crippen LogP contribution in [-0.4, -0.2) is 48.6 Å². The molecular weight excluding hydrogens is 408 g/mol. The molecule has 4 nitrogen and oxygen atoms in total. The minimum absolute atomic E-state index is 0.455. The Morgan fingerprint density at radius 2 is 1.07 bits per heavy atom. The van der Waals surface area contributed by atoms with Crippen molar-refractivity contribution in [3.63, 3.8) is 0 Å². The van der Waals surface area contributed by atoms with Crippen LogP contribution in [0.3, 0.4) is 0 Å². The summed E-state index contributed by atoms with van der Waals surface area (Å²) in [5, 5.41) is 8.12. The Kier molecular flexibility index (Phi) is 12.9. The average molecular weight is 449 g/mol. The van der Waals surface area contributed by atoms with E-state index in [2.05, 4.69) is 10.6 Å². The Bertz CT molecular complexity index is 448. The lowest BCUT2D eigenvalue weighted by molar-refractivity contribution is 0.504.